The normalized spacial score (nSPS) is 12.6. The Morgan fingerprint density at radius 3 is 2.44 bits per heavy atom. The molecule has 0 fully saturated rings. The average molecular weight is 483 g/mol. The van der Waals surface area contributed by atoms with E-state index in [-0.39, 0.29) is 15.7 Å². The van der Waals surface area contributed by atoms with Gasteiger partial charge in [-0.1, -0.05) is 78.6 Å². The molecule has 0 amide bonds. The number of hydrogen-bond donors (Lipinski definition) is 1. The molecule has 5 nitrogen and oxygen atoms in total. The highest BCUT2D eigenvalue weighted by molar-refractivity contribution is 7.92. The lowest BCUT2D eigenvalue weighted by Gasteiger charge is -2.35. The van der Waals surface area contributed by atoms with Gasteiger partial charge in [0.2, 0.25) is 0 Å². The smallest absolute Gasteiger partial charge is 0.265 e. The summed E-state index contributed by atoms with van der Waals surface area (Å²) in [6, 6.07) is 14.8. The van der Waals surface area contributed by atoms with E-state index < -0.39 is 10.0 Å². The van der Waals surface area contributed by atoms with E-state index >= 15 is 0 Å². The molecule has 0 aliphatic carbocycles. The second-order valence-electron chi connectivity index (χ2n) is 10.4. The summed E-state index contributed by atoms with van der Waals surface area (Å²) in [6.45, 7) is 13.6. The van der Waals surface area contributed by atoms with Gasteiger partial charge in [0.15, 0.2) is 0 Å². The number of ether oxygens (including phenoxy) is 1. The first-order chi connectivity index (χ1) is 16.0. The second-order valence-corrected chi connectivity index (χ2v) is 12.1. The van der Waals surface area contributed by atoms with E-state index in [0.29, 0.717) is 23.6 Å². The Kier molecular flexibility index (Phi) is 7.91. The van der Waals surface area contributed by atoms with Gasteiger partial charge in [-0.2, -0.15) is 0 Å². The summed E-state index contributed by atoms with van der Waals surface area (Å²) in [7, 11) is -3.92. The Morgan fingerprint density at radius 1 is 1.00 bits per heavy atom. The molecular weight excluding hydrogens is 444 g/mol. The lowest BCUT2D eigenvalue weighted by molar-refractivity contribution is 0.247. The van der Waals surface area contributed by atoms with Crippen molar-refractivity contribution in [3.63, 3.8) is 0 Å². The summed E-state index contributed by atoms with van der Waals surface area (Å²) in [4.78, 5) is 4.55. The maximum Gasteiger partial charge on any atom is 0.265 e. The van der Waals surface area contributed by atoms with Gasteiger partial charge in [-0.05, 0) is 53.5 Å². The highest BCUT2D eigenvalue weighted by Crippen LogP contribution is 2.40. The van der Waals surface area contributed by atoms with E-state index in [2.05, 4.69) is 51.2 Å². The molecule has 0 atom stereocenters. The number of fused-ring (bicyclic) bond motifs is 1. The third-order valence-corrected chi connectivity index (χ3v) is 7.91. The third kappa shape index (κ3) is 6.09. The summed E-state index contributed by atoms with van der Waals surface area (Å²) >= 11 is 0. The van der Waals surface area contributed by atoms with Crippen LogP contribution in [0.25, 0.3) is 10.9 Å². The van der Waals surface area contributed by atoms with Crippen LogP contribution >= 0.6 is 0 Å². The number of benzene rings is 2. The van der Waals surface area contributed by atoms with Gasteiger partial charge >= 0.3 is 0 Å². The van der Waals surface area contributed by atoms with Crippen LogP contribution in [0.2, 0.25) is 0 Å². The van der Waals surface area contributed by atoms with Crippen molar-refractivity contribution in [2.24, 2.45) is 5.41 Å². The standard InChI is InChI=1S/C28H38N2O3S/c1-7-9-18-33-24-16-15-22(28(5,6)20-27(3,4)8-2)19-25(24)34(31,32)30-23-14-10-12-21-13-11-17-29-26(21)23/h10-17,19,30H,7-9,18,20H2,1-6H3. The van der Waals surface area contributed by atoms with Crippen LogP contribution < -0.4 is 9.46 Å². The predicted molar refractivity (Wildman–Crippen MR) is 141 cm³/mol. The van der Waals surface area contributed by atoms with Crippen molar-refractivity contribution in [3.8, 4) is 5.75 Å². The SMILES string of the molecule is CCCCOc1ccc(C(C)(C)CC(C)(C)CC)cc1S(=O)(=O)Nc1cccc2cccnc12. The molecule has 6 heteroatoms. The summed E-state index contributed by atoms with van der Waals surface area (Å²) < 4.78 is 36.1. The number of rotatable bonds is 11. The largest absolute Gasteiger partial charge is 0.492 e. The first-order valence-electron chi connectivity index (χ1n) is 12.1. The number of hydrogen-bond acceptors (Lipinski definition) is 4. The Bertz CT molecular complexity index is 1230. The van der Waals surface area contributed by atoms with E-state index in [1.807, 2.05) is 36.4 Å². The number of sulfonamides is 1. The highest BCUT2D eigenvalue weighted by Gasteiger charge is 2.31. The van der Waals surface area contributed by atoms with E-state index in [0.717, 1.165) is 36.6 Å². The molecule has 34 heavy (non-hydrogen) atoms. The van der Waals surface area contributed by atoms with Gasteiger partial charge in [-0.3, -0.25) is 9.71 Å². The average Bonchev–Trinajstić information content (AvgIpc) is 2.78. The van der Waals surface area contributed by atoms with Crippen molar-refractivity contribution in [3.05, 3.63) is 60.3 Å². The topological polar surface area (TPSA) is 68.3 Å². The first kappa shape index (κ1) is 26.0. The molecule has 184 valence electrons. The molecule has 1 N–H and O–H groups in total. The van der Waals surface area contributed by atoms with Crippen molar-refractivity contribution < 1.29 is 13.2 Å². The third-order valence-electron chi connectivity index (χ3n) is 6.52. The van der Waals surface area contributed by atoms with Gasteiger partial charge in [0.1, 0.15) is 10.6 Å². The number of pyridine rings is 1. The minimum absolute atomic E-state index is 0.145. The molecule has 1 aromatic heterocycles. The lowest BCUT2D eigenvalue weighted by atomic mass is 9.70. The molecule has 0 bridgehead atoms. The van der Waals surface area contributed by atoms with Gasteiger partial charge in [-0.15, -0.1) is 0 Å². The number of anilines is 1. The highest BCUT2D eigenvalue weighted by atomic mass is 32.2. The van der Waals surface area contributed by atoms with E-state index in [1.165, 1.54) is 0 Å². The van der Waals surface area contributed by atoms with Crippen LogP contribution in [0, 0.1) is 5.41 Å². The maximum absolute atomic E-state index is 13.7. The Balaban J connectivity index is 2.06. The number of unbranched alkanes of at least 4 members (excludes halogenated alkanes) is 1. The van der Waals surface area contributed by atoms with Crippen molar-refractivity contribution in [2.45, 2.75) is 77.5 Å². The monoisotopic (exact) mass is 482 g/mol. The number of aromatic nitrogens is 1. The molecule has 0 saturated heterocycles. The van der Waals surface area contributed by atoms with Crippen LogP contribution in [0.5, 0.6) is 5.75 Å². The molecule has 0 aliphatic rings. The van der Waals surface area contributed by atoms with Crippen LogP contribution in [0.3, 0.4) is 0 Å². The van der Waals surface area contributed by atoms with Crippen molar-refractivity contribution in [1.82, 2.24) is 4.98 Å². The van der Waals surface area contributed by atoms with E-state index in [9.17, 15) is 8.42 Å². The molecule has 0 radical (unpaired) electrons. The van der Waals surface area contributed by atoms with Gasteiger partial charge in [0, 0.05) is 11.6 Å². The van der Waals surface area contributed by atoms with Gasteiger partial charge in [0.25, 0.3) is 10.0 Å². The summed E-state index contributed by atoms with van der Waals surface area (Å²) in [5.41, 5.74) is 1.99. The fourth-order valence-electron chi connectivity index (χ4n) is 4.39. The zero-order chi connectivity index (χ0) is 25.0. The minimum Gasteiger partial charge on any atom is -0.492 e. The molecule has 2 aromatic carbocycles. The zero-order valence-electron chi connectivity index (χ0n) is 21.3. The van der Waals surface area contributed by atoms with Crippen molar-refractivity contribution in [1.29, 1.82) is 0 Å². The Hall–Kier alpha value is -2.60. The van der Waals surface area contributed by atoms with Crippen LogP contribution in [0.15, 0.2) is 59.6 Å². The molecule has 1 heterocycles. The molecule has 0 spiro atoms. The first-order valence-corrected chi connectivity index (χ1v) is 13.6. The van der Waals surface area contributed by atoms with E-state index in [4.69, 9.17) is 4.74 Å². The lowest BCUT2D eigenvalue weighted by Crippen LogP contribution is -2.27. The summed E-state index contributed by atoms with van der Waals surface area (Å²) in [5.74, 6) is 0.378. The fraction of sp³-hybridized carbons (Fsp3) is 0.464. The van der Waals surface area contributed by atoms with Crippen LogP contribution in [0.1, 0.15) is 72.8 Å². The Morgan fingerprint density at radius 2 is 1.74 bits per heavy atom. The van der Waals surface area contributed by atoms with Crippen molar-refractivity contribution in [2.75, 3.05) is 11.3 Å². The number of nitrogens with zero attached hydrogens (tertiary/aromatic N) is 1. The van der Waals surface area contributed by atoms with Crippen LogP contribution in [0.4, 0.5) is 5.69 Å². The fourth-order valence-corrected chi connectivity index (χ4v) is 5.63. The molecule has 0 saturated carbocycles. The van der Waals surface area contributed by atoms with Crippen molar-refractivity contribution >= 4 is 26.6 Å². The molecule has 3 rings (SSSR count). The van der Waals surface area contributed by atoms with Gasteiger partial charge in [-0.25, -0.2) is 8.42 Å². The summed E-state index contributed by atoms with van der Waals surface area (Å²) in [6.07, 6.45) is 5.48. The molecule has 0 unspecified atom stereocenters. The van der Waals surface area contributed by atoms with Crippen LogP contribution in [-0.4, -0.2) is 20.0 Å². The quantitative estimate of drug-likeness (QED) is 0.291. The number of nitrogens with one attached hydrogen (secondary N) is 1. The number of para-hydroxylation sites is 1. The molecule has 0 aliphatic heterocycles. The zero-order valence-corrected chi connectivity index (χ0v) is 22.1. The minimum atomic E-state index is -3.92. The Labute approximate surface area is 205 Å². The predicted octanol–water partition coefficient (Wildman–Crippen LogP) is 7.32. The molecule has 3 aromatic rings. The second kappa shape index (κ2) is 10.3. The van der Waals surface area contributed by atoms with Gasteiger partial charge < -0.3 is 4.74 Å². The van der Waals surface area contributed by atoms with Crippen LogP contribution in [-0.2, 0) is 15.4 Å². The molecular formula is C28H38N2O3S. The maximum atomic E-state index is 13.7. The van der Waals surface area contributed by atoms with Gasteiger partial charge in [0.05, 0.1) is 17.8 Å². The summed E-state index contributed by atoms with van der Waals surface area (Å²) in [5, 5.41) is 0.874. The van der Waals surface area contributed by atoms with E-state index in [1.54, 1.807) is 18.3 Å².